The van der Waals surface area contributed by atoms with Crippen molar-refractivity contribution in [3.63, 3.8) is 0 Å². The van der Waals surface area contributed by atoms with Crippen molar-refractivity contribution in [2.45, 2.75) is 13.0 Å². The third-order valence-electron chi connectivity index (χ3n) is 3.52. The van der Waals surface area contributed by atoms with E-state index in [1.807, 2.05) is 0 Å². The molecule has 6 heteroatoms. The Morgan fingerprint density at radius 2 is 1.88 bits per heavy atom. The fourth-order valence-corrected chi connectivity index (χ4v) is 2.25. The molecule has 24 heavy (non-hydrogen) atoms. The molecule has 0 aliphatic rings. The first kappa shape index (κ1) is 15.7. The van der Waals surface area contributed by atoms with Gasteiger partial charge in [0.15, 0.2) is 6.10 Å². The summed E-state index contributed by atoms with van der Waals surface area (Å²) in [4.78, 5) is 23.0. The summed E-state index contributed by atoms with van der Waals surface area (Å²) < 4.78 is 23.5. The minimum absolute atomic E-state index is 0.279. The average Bonchev–Trinajstić information content (AvgIpc) is 2.55. The van der Waals surface area contributed by atoms with Crippen LogP contribution < -0.4 is 10.4 Å². The molecule has 3 aromatic rings. The Bertz CT molecular complexity index is 959. The molecule has 0 saturated heterocycles. The van der Waals surface area contributed by atoms with Gasteiger partial charge in [-0.25, -0.2) is 14.0 Å². The maximum absolute atomic E-state index is 13.0. The zero-order valence-corrected chi connectivity index (χ0v) is 12.7. The molecule has 122 valence electrons. The van der Waals surface area contributed by atoms with Gasteiger partial charge in [0, 0.05) is 11.5 Å². The number of fused-ring (bicyclic) bond motifs is 1. The van der Waals surface area contributed by atoms with Crippen LogP contribution in [0.4, 0.5) is 4.39 Å². The SMILES string of the molecule is C[C@@H](Oc1ccc2cc(-c3ccc(F)cc3)c(=O)oc2c1)C(=O)O. The molecule has 0 fully saturated rings. The van der Waals surface area contributed by atoms with Crippen LogP contribution in [0.2, 0.25) is 0 Å². The van der Waals surface area contributed by atoms with Gasteiger partial charge in [-0.1, -0.05) is 12.1 Å². The number of carbonyl (C=O) groups is 1. The third kappa shape index (κ3) is 3.12. The number of hydrogen-bond acceptors (Lipinski definition) is 4. The van der Waals surface area contributed by atoms with Gasteiger partial charge in [0.25, 0.3) is 0 Å². The molecule has 0 aliphatic carbocycles. The standard InChI is InChI=1S/C18H13FO5/c1-10(17(20)21)23-14-7-4-12-8-15(18(22)24-16(12)9-14)11-2-5-13(19)6-3-11/h2-10H,1H3,(H,20,21)/t10-/m1/s1. The Morgan fingerprint density at radius 3 is 2.54 bits per heavy atom. The fraction of sp³-hybridized carbons (Fsp3) is 0.111. The highest BCUT2D eigenvalue weighted by Crippen LogP contribution is 2.25. The van der Waals surface area contributed by atoms with E-state index in [1.54, 1.807) is 18.2 Å². The third-order valence-corrected chi connectivity index (χ3v) is 3.52. The molecule has 3 rings (SSSR count). The van der Waals surface area contributed by atoms with E-state index >= 15 is 0 Å². The molecule has 0 unspecified atom stereocenters. The molecule has 1 aromatic heterocycles. The van der Waals surface area contributed by atoms with E-state index in [4.69, 9.17) is 14.3 Å². The molecule has 0 spiro atoms. The van der Waals surface area contributed by atoms with Crippen molar-refractivity contribution in [1.82, 2.24) is 0 Å². The Labute approximate surface area is 135 Å². The topological polar surface area (TPSA) is 76.7 Å². The first-order chi connectivity index (χ1) is 11.4. The predicted octanol–water partition coefficient (Wildman–Crippen LogP) is 3.45. The number of hydrogen-bond donors (Lipinski definition) is 1. The Kier molecular flexibility index (Phi) is 4.04. The molecular weight excluding hydrogens is 315 g/mol. The average molecular weight is 328 g/mol. The normalized spacial score (nSPS) is 12.1. The van der Waals surface area contributed by atoms with Crippen molar-refractivity contribution < 1.29 is 23.4 Å². The molecule has 2 aromatic carbocycles. The van der Waals surface area contributed by atoms with E-state index in [1.165, 1.54) is 37.3 Å². The van der Waals surface area contributed by atoms with Crippen molar-refractivity contribution in [1.29, 1.82) is 0 Å². The molecule has 1 heterocycles. The van der Waals surface area contributed by atoms with Gasteiger partial charge in [0.05, 0.1) is 5.56 Å². The lowest BCUT2D eigenvalue weighted by Gasteiger charge is -2.10. The van der Waals surface area contributed by atoms with Crippen LogP contribution in [0.5, 0.6) is 5.75 Å². The Morgan fingerprint density at radius 1 is 1.17 bits per heavy atom. The van der Waals surface area contributed by atoms with Gasteiger partial charge in [0.2, 0.25) is 0 Å². The summed E-state index contributed by atoms with van der Waals surface area (Å²) in [6.07, 6.45) is -1.02. The van der Waals surface area contributed by atoms with Crippen molar-refractivity contribution in [3.05, 3.63) is 64.8 Å². The molecule has 5 nitrogen and oxygen atoms in total. The van der Waals surface area contributed by atoms with Crippen molar-refractivity contribution >= 4 is 16.9 Å². The van der Waals surface area contributed by atoms with Crippen LogP contribution >= 0.6 is 0 Å². The van der Waals surface area contributed by atoms with Crippen LogP contribution in [0.3, 0.4) is 0 Å². The maximum Gasteiger partial charge on any atom is 0.344 e. The fourth-order valence-electron chi connectivity index (χ4n) is 2.25. The number of carboxylic acid groups (broad SMARTS) is 1. The lowest BCUT2D eigenvalue weighted by Crippen LogP contribution is -2.22. The zero-order valence-electron chi connectivity index (χ0n) is 12.7. The molecule has 1 atom stereocenters. The van der Waals surface area contributed by atoms with Crippen LogP contribution in [0, 0.1) is 5.82 Å². The summed E-state index contributed by atoms with van der Waals surface area (Å²) in [6, 6.07) is 11.9. The number of halogens is 1. The number of rotatable bonds is 4. The maximum atomic E-state index is 13.0. The molecule has 0 aliphatic heterocycles. The minimum atomic E-state index is -1.09. The highest BCUT2D eigenvalue weighted by Gasteiger charge is 2.14. The second-order valence-corrected chi connectivity index (χ2v) is 5.25. The number of aliphatic carboxylic acids is 1. The van der Waals surface area contributed by atoms with Crippen molar-refractivity contribution in [3.8, 4) is 16.9 Å². The van der Waals surface area contributed by atoms with Gasteiger partial charge in [-0.15, -0.1) is 0 Å². The number of carboxylic acids is 1. The van der Waals surface area contributed by atoms with E-state index < -0.39 is 23.5 Å². The summed E-state index contributed by atoms with van der Waals surface area (Å²) in [5.74, 6) is -1.20. The summed E-state index contributed by atoms with van der Waals surface area (Å²) in [6.45, 7) is 1.40. The minimum Gasteiger partial charge on any atom is -0.479 e. The van der Waals surface area contributed by atoms with E-state index in [9.17, 15) is 14.0 Å². The second kappa shape index (κ2) is 6.16. The first-order valence-corrected chi connectivity index (χ1v) is 7.17. The van der Waals surface area contributed by atoms with Gasteiger partial charge in [-0.05, 0) is 42.8 Å². The van der Waals surface area contributed by atoms with E-state index in [0.717, 1.165) is 0 Å². The predicted molar refractivity (Wildman–Crippen MR) is 85.6 cm³/mol. The summed E-state index contributed by atoms with van der Waals surface area (Å²) >= 11 is 0. The van der Waals surface area contributed by atoms with E-state index in [-0.39, 0.29) is 11.3 Å². The molecule has 0 radical (unpaired) electrons. The van der Waals surface area contributed by atoms with Gasteiger partial charge >= 0.3 is 11.6 Å². The van der Waals surface area contributed by atoms with E-state index in [0.29, 0.717) is 16.5 Å². The zero-order chi connectivity index (χ0) is 17.3. The lowest BCUT2D eigenvalue weighted by molar-refractivity contribution is -0.144. The summed E-state index contributed by atoms with van der Waals surface area (Å²) in [7, 11) is 0. The largest absolute Gasteiger partial charge is 0.479 e. The molecular formula is C18H13FO5. The quantitative estimate of drug-likeness (QED) is 0.742. The summed E-state index contributed by atoms with van der Waals surface area (Å²) in [5.41, 5.74) is 0.570. The van der Waals surface area contributed by atoms with Gasteiger partial charge in [0.1, 0.15) is 17.1 Å². The summed E-state index contributed by atoms with van der Waals surface area (Å²) in [5, 5.41) is 9.50. The molecule has 0 amide bonds. The first-order valence-electron chi connectivity index (χ1n) is 7.17. The molecule has 0 saturated carbocycles. The highest BCUT2D eigenvalue weighted by atomic mass is 19.1. The Hall–Kier alpha value is -3.15. The number of benzene rings is 2. The van der Waals surface area contributed by atoms with Crippen LogP contribution in [0.15, 0.2) is 57.7 Å². The van der Waals surface area contributed by atoms with Crippen LogP contribution in [0.1, 0.15) is 6.92 Å². The second-order valence-electron chi connectivity index (χ2n) is 5.25. The van der Waals surface area contributed by atoms with Gasteiger partial charge < -0.3 is 14.3 Å². The van der Waals surface area contributed by atoms with Crippen LogP contribution in [-0.4, -0.2) is 17.2 Å². The van der Waals surface area contributed by atoms with Crippen molar-refractivity contribution in [2.24, 2.45) is 0 Å². The molecule has 0 bridgehead atoms. The van der Waals surface area contributed by atoms with Crippen molar-refractivity contribution in [2.75, 3.05) is 0 Å². The highest BCUT2D eigenvalue weighted by molar-refractivity contribution is 5.83. The van der Waals surface area contributed by atoms with Gasteiger partial charge in [-0.3, -0.25) is 0 Å². The van der Waals surface area contributed by atoms with Crippen LogP contribution in [-0.2, 0) is 4.79 Å². The number of ether oxygens (including phenoxy) is 1. The lowest BCUT2D eigenvalue weighted by atomic mass is 10.1. The van der Waals surface area contributed by atoms with Gasteiger partial charge in [-0.2, -0.15) is 0 Å². The smallest absolute Gasteiger partial charge is 0.344 e. The van der Waals surface area contributed by atoms with Crippen LogP contribution in [0.25, 0.3) is 22.1 Å². The Balaban J connectivity index is 2.02. The molecule has 1 N–H and O–H groups in total. The monoisotopic (exact) mass is 328 g/mol. The van der Waals surface area contributed by atoms with E-state index in [2.05, 4.69) is 0 Å².